The SMILES string of the molecule is O=C(CC12CC(C1)C2)NCc1cc2cc(Cl)c(OCc3cscn3)cc2[nH]1. The smallest absolute Gasteiger partial charge is 0.220 e. The Morgan fingerprint density at radius 2 is 2.22 bits per heavy atom. The minimum atomic E-state index is 0.150. The second kappa shape index (κ2) is 6.53. The average molecular weight is 402 g/mol. The normalized spacial score (nSPS) is 22.9. The molecular weight excluding hydrogens is 382 g/mol. The number of amides is 1. The minimum absolute atomic E-state index is 0.150. The van der Waals surface area contributed by atoms with Gasteiger partial charge in [0.2, 0.25) is 5.91 Å². The van der Waals surface area contributed by atoms with E-state index in [2.05, 4.69) is 15.3 Å². The Kier molecular flexibility index (Phi) is 4.13. The molecule has 3 aromatic rings. The molecule has 2 N–H and O–H groups in total. The zero-order chi connectivity index (χ0) is 18.4. The summed E-state index contributed by atoms with van der Waals surface area (Å²) in [5.41, 5.74) is 4.91. The molecule has 0 unspecified atom stereocenters. The summed E-state index contributed by atoms with van der Waals surface area (Å²) in [4.78, 5) is 19.8. The highest BCUT2D eigenvalue weighted by atomic mass is 35.5. The number of hydrogen-bond acceptors (Lipinski definition) is 4. The highest BCUT2D eigenvalue weighted by molar-refractivity contribution is 7.07. The first-order valence-corrected chi connectivity index (χ1v) is 10.5. The maximum atomic E-state index is 12.2. The van der Waals surface area contributed by atoms with Crippen LogP contribution in [0, 0.1) is 11.3 Å². The lowest BCUT2D eigenvalue weighted by Crippen LogP contribution is -2.53. The van der Waals surface area contributed by atoms with Crippen molar-refractivity contribution in [1.82, 2.24) is 15.3 Å². The van der Waals surface area contributed by atoms with Crippen molar-refractivity contribution in [1.29, 1.82) is 0 Å². The third-order valence-electron chi connectivity index (χ3n) is 5.76. The van der Waals surface area contributed by atoms with Crippen LogP contribution in [-0.2, 0) is 17.9 Å². The van der Waals surface area contributed by atoms with E-state index in [0.29, 0.717) is 35.8 Å². The summed E-state index contributed by atoms with van der Waals surface area (Å²) in [5.74, 6) is 1.68. The molecule has 7 heteroatoms. The van der Waals surface area contributed by atoms with Gasteiger partial charge in [-0.25, -0.2) is 4.98 Å². The number of carbonyl (C=O) groups is 1. The zero-order valence-electron chi connectivity index (χ0n) is 14.8. The molecule has 3 saturated carbocycles. The maximum Gasteiger partial charge on any atom is 0.220 e. The van der Waals surface area contributed by atoms with Gasteiger partial charge in [0.1, 0.15) is 12.4 Å². The number of H-pyrrole nitrogens is 1. The number of carbonyl (C=O) groups excluding carboxylic acids is 1. The Bertz CT molecular complexity index is 981. The van der Waals surface area contributed by atoms with Crippen LogP contribution in [0.4, 0.5) is 0 Å². The molecule has 1 aromatic carbocycles. The number of rotatable bonds is 7. The molecule has 0 radical (unpaired) electrons. The summed E-state index contributed by atoms with van der Waals surface area (Å²) in [6.45, 7) is 0.889. The molecule has 2 bridgehead atoms. The number of nitrogens with one attached hydrogen (secondary N) is 2. The monoisotopic (exact) mass is 401 g/mol. The highest BCUT2D eigenvalue weighted by Crippen LogP contribution is 2.66. The van der Waals surface area contributed by atoms with Gasteiger partial charge in [-0.05, 0) is 42.7 Å². The molecule has 0 spiro atoms. The second-order valence-corrected chi connectivity index (χ2v) is 8.99. The standard InChI is InChI=1S/C20H20ClN3O2S/c21-16-2-13-1-14(8-22-19(25)7-20-4-12(5-20)6-20)24-17(13)3-18(16)26-9-15-10-27-11-23-15/h1-3,10-12,24H,4-9H2,(H,22,25). The Balaban J connectivity index is 1.23. The minimum Gasteiger partial charge on any atom is -0.486 e. The summed E-state index contributed by atoms with van der Waals surface area (Å²) in [6, 6.07) is 5.81. The Labute approximate surface area is 166 Å². The van der Waals surface area contributed by atoms with Crippen molar-refractivity contribution in [3.05, 3.63) is 45.5 Å². The Morgan fingerprint density at radius 1 is 1.37 bits per heavy atom. The third-order valence-corrected chi connectivity index (χ3v) is 6.70. The van der Waals surface area contributed by atoms with Gasteiger partial charge >= 0.3 is 0 Å². The largest absolute Gasteiger partial charge is 0.486 e. The van der Waals surface area contributed by atoms with Crippen LogP contribution < -0.4 is 10.1 Å². The topological polar surface area (TPSA) is 67.0 Å². The van der Waals surface area contributed by atoms with E-state index in [9.17, 15) is 4.79 Å². The van der Waals surface area contributed by atoms with Crippen molar-refractivity contribution in [3.63, 3.8) is 0 Å². The maximum absolute atomic E-state index is 12.2. The van der Waals surface area contributed by atoms with Crippen molar-refractivity contribution in [2.24, 2.45) is 11.3 Å². The van der Waals surface area contributed by atoms with E-state index >= 15 is 0 Å². The van der Waals surface area contributed by atoms with E-state index in [1.54, 1.807) is 5.51 Å². The van der Waals surface area contributed by atoms with Crippen LogP contribution >= 0.6 is 22.9 Å². The van der Waals surface area contributed by atoms with E-state index in [4.69, 9.17) is 16.3 Å². The molecular formula is C20H20ClN3O2S. The first-order chi connectivity index (χ1) is 13.1. The van der Waals surface area contributed by atoms with Crippen LogP contribution in [0.3, 0.4) is 0 Å². The van der Waals surface area contributed by atoms with Gasteiger partial charge in [-0.1, -0.05) is 11.6 Å². The molecule has 0 aliphatic heterocycles. The number of benzene rings is 1. The lowest BCUT2D eigenvalue weighted by Gasteiger charge is -2.61. The fraction of sp³-hybridized carbons (Fsp3) is 0.400. The Morgan fingerprint density at radius 3 is 2.93 bits per heavy atom. The molecule has 27 heavy (non-hydrogen) atoms. The first-order valence-electron chi connectivity index (χ1n) is 9.16. The van der Waals surface area contributed by atoms with E-state index in [1.165, 1.54) is 30.6 Å². The van der Waals surface area contributed by atoms with Crippen molar-refractivity contribution in [2.45, 2.75) is 38.8 Å². The number of aromatic amines is 1. The second-order valence-electron chi connectivity index (χ2n) is 7.86. The van der Waals surface area contributed by atoms with Crippen LogP contribution in [0.25, 0.3) is 10.9 Å². The van der Waals surface area contributed by atoms with Gasteiger partial charge < -0.3 is 15.0 Å². The predicted molar refractivity (Wildman–Crippen MR) is 106 cm³/mol. The van der Waals surface area contributed by atoms with Gasteiger partial charge in [0.25, 0.3) is 0 Å². The van der Waals surface area contributed by atoms with E-state index in [1.807, 2.05) is 23.6 Å². The molecule has 1 amide bonds. The molecule has 0 atom stereocenters. The first kappa shape index (κ1) is 17.1. The summed E-state index contributed by atoms with van der Waals surface area (Å²) in [5, 5.41) is 6.56. The molecule has 5 nitrogen and oxygen atoms in total. The molecule has 3 aliphatic carbocycles. The summed E-state index contributed by atoms with van der Waals surface area (Å²) in [7, 11) is 0. The van der Waals surface area contributed by atoms with E-state index in [0.717, 1.165) is 28.2 Å². The van der Waals surface area contributed by atoms with Crippen LogP contribution in [-0.4, -0.2) is 15.9 Å². The van der Waals surface area contributed by atoms with Gasteiger partial charge in [-0.2, -0.15) is 0 Å². The van der Waals surface area contributed by atoms with Crippen LogP contribution in [0.15, 0.2) is 29.1 Å². The molecule has 2 aromatic heterocycles. The van der Waals surface area contributed by atoms with Crippen LogP contribution in [0.5, 0.6) is 5.75 Å². The molecule has 6 rings (SSSR count). The molecule has 140 valence electrons. The highest BCUT2D eigenvalue weighted by Gasteiger charge is 2.56. The number of halogens is 1. The summed E-state index contributed by atoms with van der Waals surface area (Å²) in [6.07, 6.45) is 4.41. The van der Waals surface area contributed by atoms with E-state index in [-0.39, 0.29) is 5.91 Å². The van der Waals surface area contributed by atoms with Crippen molar-refractivity contribution >= 4 is 39.7 Å². The molecule has 3 aliphatic rings. The summed E-state index contributed by atoms with van der Waals surface area (Å²) >= 11 is 7.89. The van der Waals surface area contributed by atoms with Crippen LogP contribution in [0.1, 0.15) is 37.1 Å². The lowest BCUT2D eigenvalue weighted by molar-refractivity contribution is -0.144. The number of ether oxygens (including phenoxy) is 1. The van der Waals surface area contributed by atoms with E-state index < -0.39 is 0 Å². The fourth-order valence-electron chi connectivity index (χ4n) is 4.33. The number of fused-ring (bicyclic) bond motifs is 1. The van der Waals surface area contributed by atoms with Gasteiger partial charge in [-0.15, -0.1) is 11.3 Å². The average Bonchev–Trinajstić information content (AvgIpc) is 3.22. The predicted octanol–water partition coefficient (Wildman–Crippen LogP) is 4.66. The summed E-state index contributed by atoms with van der Waals surface area (Å²) < 4.78 is 5.80. The quantitative estimate of drug-likeness (QED) is 0.604. The third kappa shape index (κ3) is 3.32. The zero-order valence-corrected chi connectivity index (χ0v) is 16.3. The van der Waals surface area contributed by atoms with Gasteiger partial charge in [0.15, 0.2) is 0 Å². The lowest BCUT2D eigenvalue weighted by atomic mass is 9.43. The van der Waals surface area contributed by atoms with Gasteiger partial charge in [0, 0.05) is 34.5 Å². The Hall–Kier alpha value is -2.05. The number of hydrogen-bond donors (Lipinski definition) is 2. The van der Waals surface area contributed by atoms with Crippen molar-refractivity contribution in [2.75, 3.05) is 0 Å². The fourth-order valence-corrected chi connectivity index (χ4v) is 5.10. The van der Waals surface area contributed by atoms with Crippen molar-refractivity contribution < 1.29 is 9.53 Å². The molecule has 3 fully saturated rings. The van der Waals surface area contributed by atoms with Crippen molar-refractivity contribution in [3.8, 4) is 5.75 Å². The number of nitrogens with zero attached hydrogens (tertiary/aromatic N) is 1. The molecule has 0 saturated heterocycles. The van der Waals surface area contributed by atoms with Crippen LogP contribution in [0.2, 0.25) is 5.02 Å². The van der Waals surface area contributed by atoms with Gasteiger partial charge in [-0.3, -0.25) is 4.79 Å². The number of aromatic nitrogens is 2. The molecule has 2 heterocycles. The van der Waals surface area contributed by atoms with Gasteiger partial charge in [0.05, 0.1) is 22.8 Å². The number of thiazole rings is 1.